The van der Waals surface area contributed by atoms with E-state index in [1.54, 1.807) is 0 Å². The molecule has 0 bridgehead atoms. The molecule has 8 heteroatoms. The van der Waals surface area contributed by atoms with Crippen LogP contribution in [0.4, 0.5) is 0 Å². The molecule has 546 valence electrons. The summed E-state index contributed by atoms with van der Waals surface area (Å²) in [6, 6.07) is 0. The zero-order valence-corrected chi connectivity index (χ0v) is 64.7. The van der Waals surface area contributed by atoms with Gasteiger partial charge >= 0.3 is 0 Å². The summed E-state index contributed by atoms with van der Waals surface area (Å²) in [4.78, 5) is 0. The van der Waals surface area contributed by atoms with Gasteiger partial charge in [0.25, 0.3) is 0 Å². The maximum absolute atomic E-state index is 9.71. The molecular weight excluding hydrogens is 1120 g/mol. The molecule has 0 radical (unpaired) electrons. The van der Waals surface area contributed by atoms with Crippen LogP contribution in [0.1, 0.15) is 357 Å². The van der Waals surface area contributed by atoms with Crippen LogP contribution in [0.25, 0.3) is 0 Å². The quantitative estimate of drug-likeness (QED) is 0.0853. The lowest BCUT2D eigenvalue weighted by molar-refractivity contribution is 0.0131. The normalized spacial score (nSPS) is 38.4. The Morgan fingerprint density at radius 2 is 0.813 bits per heavy atom. The van der Waals surface area contributed by atoms with Crippen LogP contribution in [-0.4, -0.2) is 89.7 Å². The van der Waals surface area contributed by atoms with E-state index in [1.165, 1.54) is 141 Å². The van der Waals surface area contributed by atoms with Crippen molar-refractivity contribution in [3.8, 4) is 0 Å². The molecule has 91 heavy (non-hydrogen) atoms. The molecule has 0 aromatic rings. The van der Waals surface area contributed by atoms with E-state index in [0.717, 1.165) is 153 Å². The fraction of sp³-hybridized carbons (Fsp3) is 1.00. The second kappa shape index (κ2) is 49.2. The van der Waals surface area contributed by atoms with Crippen LogP contribution in [0.15, 0.2) is 0 Å². The number of hydrogen-bond donors (Lipinski definition) is 8. The van der Waals surface area contributed by atoms with Gasteiger partial charge in [0.1, 0.15) is 0 Å². The van der Waals surface area contributed by atoms with Crippen molar-refractivity contribution in [2.75, 3.05) is 0 Å². The van der Waals surface area contributed by atoms with E-state index >= 15 is 0 Å². The zero-order valence-electron chi connectivity index (χ0n) is 64.7. The lowest BCUT2D eigenvalue weighted by atomic mass is 9.73. The summed E-state index contributed by atoms with van der Waals surface area (Å²) < 4.78 is 0. The molecular formula is C83H166O8. The molecule has 0 aromatic heterocycles. The van der Waals surface area contributed by atoms with Crippen LogP contribution in [-0.2, 0) is 0 Å². The Balaban J connectivity index is 0.000000520. The van der Waals surface area contributed by atoms with Crippen LogP contribution in [0.2, 0.25) is 0 Å². The largest absolute Gasteiger partial charge is 0.393 e. The van der Waals surface area contributed by atoms with Crippen LogP contribution in [0.3, 0.4) is 0 Å². The van der Waals surface area contributed by atoms with Crippen molar-refractivity contribution >= 4 is 0 Å². The van der Waals surface area contributed by atoms with E-state index in [9.17, 15) is 40.9 Å². The van der Waals surface area contributed by atoms with E-state index in [0.29, 0.717) is 41.4 Å². The Labute approximate surface area is 568 Å². The van der Waals surface area contributed by atoms with Crippen molar-refractivity contribution in [1.29, 1.82) is 0 Å². The molecule has 8 nitrogen and oxygen atoms in total. The number of hydrogen-bond acceptors (Lipinski definition) is 8. The molecule has 8 aliphatic rings. The van der Waals surface area contributed by atoms with Crippen molar-refractivity contribution in [3.63, 3.8) is 0 Å². The number of unbranched alkanes of at least 4 members (excludes halogenated alkanes) is 3. The molecule has 0 spiro atoms. The predicted molar refractivity (Wildman–Crippen MR) is 393 cm³/mol. The third-order valence-electron chi connectivity index (χ3n) is 24.8. The van der Waals surface area contributed by atoms with Gasteiger partial charge in [0, 0.05) is 0 Å². The van der Waals surface area contributed by atoms with Crippen molar-refractivity contribution in [2.45, 2.75) is 406 Å². The van der Waals surface area contributed by atoms with Crippen LogP contribution in [0.5, 0.6) is 0 Å². The molecule has 0 saturated heterocycles. The van der Waals surface area contributed by atoms with Crippen molar-refractivity contribution in [1.82, 2.24) is 0 Å². The topological polar surface area (TPSA) is 162 Å². The second-order valence-corrected chi connectivity index (χ2v) is 34.9. The van der Waals surface area contributed by atoms with Gasteiger partial charge in [0.15, 0.2) is 0 Å². The molecule has 24 unspecified atom stereocenters. The van der Waals surface area contributed by atoms with Gasteiger partial charge in [-0.2, -0.15) is 0 Å². The van der Waals surface area contributed by atoms with Crippen molar-refractivity contribution in [3.05, 3.63) is 0 Å². The Hall–Kier alpha value is -0.320. The van der Waals surface area contributed by atoms with E-state index in [4.69, 9.17) is 0 Å². The van der Waals surface area contributed by atoms with E-state index in [1.807, 2.05) is 0 Å². The van der Waals surface area contributed by atoms with Gasteiger partial charge in [0.2, 0.25) is 0 Å². The first kappa shape index (κ1) is 88.7. The maximum atomic E-state index is 9.71. The molecule has 0 aliphatic heterocycles. The van der Waals surface area contributed by atoms with Crippen molar-refractivity contribution < 1.29 is 40.9 Å². The van der Waals surface area contributed by atoms with Crippen LogP contribution >= 0.6 is 0 Å². The summed E-state index contributed by atoms with van der Waals surface area (Å²) in [6.07, 6.45) is 39.5. The van der Waals surface area contributed by atoms with Gasteiger partial charge in [0.05, 0.1) is 48.8 Å². The van der Waals surface area contributed by atoms with E-state index in [-0.39, 0.29) is 48.8 Å². The van der Waals surface area contributed by atoms with Crippen LogP contribution in [0, 0.1) is 124 Å². The third kappa shape index (κ3) is 36.9. The maximum Gasteiger partial charge on any atom is 0.0573 e. The van der Waals surface area contributed by atoms with Gasteiger partial charge in [-0.05, 0) is 246 Å². The minimum Gasteiger partial charge on any atom is -0.393 e. The standard InChI is InChI=1S/3C11H22O.5C10H20O/c1-3-4-6-10-7-5-8-11(12)9(10)2;1-3-4-5-10-6-7-11(12)9(2)8-10;1-3-4-5-10-7-6-9(2)11(12)8-10;1-7(2)9-4-8(3)5-10(11)6-9;1-7(2)10-5-4-9(11)6-8(10)3;1-7(2)10-6-9(11)5-4-8(10)3;1-7(2)9-6-8(3)4-5-10(9)11;1-7(2)10-8(3)5-4-6-9(10)11/h3*9-12H,3-8H2,1-2H3;5*7-11H,4-6H2,1-3H3. The van der Waals surface area contributed by atoms with Gasteiger partial charge in [-0.3, -0.25) is 0 Å². The first-order valence-electron chi connectivity index (χ1n) is 40.2. The average Bonchev–Trinajstić information content (AvgIpc) is 2.93. The highest BCUT2D eigenvalue weighted by Gasteiger charge is 2.34. The average molecular weight is 1290 g/mol. The number of aliphatic hydroxyl groups is 8. The molecule has 0 aromatic carbocycles. The smallest absolute Gasteiger partial charge is 0.0573 e. The summed E-state index contributed by atoms with van der Waals surface area (Å²) in [7, 11) is 0. The summed E-state index contributed by atoms with van der Waals surface area (Å²) in [6.45, 7) is 47.2. The Morgan fingerprint density at radius 3 is 1.30 bits per heavy atom. The molecule has 0 heterocycles. The van der Waals surface area contributed by atoms with Gasteiger partial charge < -0.3 is 40.9 Å². The highest BCUT2D eigenvalue weighted by atomic mass is 16.3. The number of aliphatic hydroxyl groups excluding tert-OH is 8. The van der Waals surface area contributed by atoms with E-state index < -0.39 is 0 Å². The first-order chi connectivity index (χ1) is 42.8. The van der Waals surface area contributed by atoms with Crippen molar-refractivity contribution in [2.24, 2.45) is 124 Å². The number of rotatable bonds is 14. The van der Waals surface area contributed by atoms with Gasteiger partial charge in [-0.1, -0.05) is 235 Å². The molecule has 8 rings (SSSR count). The lowest BCUT2D eigenvalue weighted by Gasteiger charge is -2.36. The molecule has 24 atom stereocenters. The predicted octanol–water partition coefficient (Wildman–Crippen LogP) is 21.1. The molecule has 0 amide bonds. The Bertz CT molecular complexity index is 1600. The second-order valence-electron chi connectivity index (χ2n) is 34.9. The lowest BCUT2D eigenvalue weighted by Crippen LogP contribution is -2.34. The molecule has 8 N–H and O–H groups in total. The monoisotopic (exact) mass is 1290 g/mol. The summed E-state index contributed by atoms with van der Waals surface area (Å²) >= 11 is 0. The molecule has 8 saturated carbocycles. The Kier molecular flexibility index (Phi) is 48.0. The zero-order chi connectivity index (χ0) is 69.1. The summed E-state index contributed by atoms with van der Waals surface area (Å²) in [5.74, 6) is 15.0. The summed E-state index contributed by atoms with van der Waals surface area (Å²) in [5, 5.41) is 76.5. The highest BCUT2D eigenvalue weighted by molar-refractivity contribution is 4.85. The summed E-state index contributed by atoms with van der Waals surface area (Å²) in [5.41, 5.74) is 0. The third-order valence-corrected chi connectivity index (χ3v) is 24.8. The Morgan fingerprint density at radius 1 is 0.297 bits per heavy atom. The molecule has 8 fully saturated rings. The first-order valence-corrected chi connectivity index (χ1v) is 40.2. The minimum atomic E-state index is -0.0289. The van der Waals surface area contributed by atoms with Gasteiger partial charge in [-0.15, -0.1) is 0 Å². The fourth-order valence-electron chi connectivity index (χ4n) is 18.1. The van der Waals surface area contributed by atoms with E-state index in [2.05, 4.69) is 145 Å². The van der Waals surface area contributed by atoms with Gasteiger partial charge in [-0.25, -0.2) is 0 Å². The highest BCUT2D eigenvalue weighted by Crippen LogP contribution is 2.40. The van der Waals surface area contributed by atoms with Crippen LogP contribution < -0.4 is 0 Å². The minimum absolute atomic E-state index is 0.0112. The SMILES string of the molecule is CC(C)C1C(C)CCCC1O.CC(C)C1CC(O)CCC1C.CC(C)C1CCC(O)CC1C.CC1CC(O)CC(C(C)C)C1.CC1CCC(O)C(C(C)C)C1.CCCCC1CCC(C)C(O)C1.CCCCC1CCC(O)C(C)C1.CCCCC1CCCC(O)C1C. The fourth-order valence-corrected chi connectivity index (χ4v) is 18.1. The molecule has 8 aliphatic carbocycles.